The summed E-state index contributed by atoms with van der Waals surface area (Å²) in [5, 5.41) is 0. The number of nitrogens with zero attached hydrogens (tertiary/aromatic N) is 2. The second-order valence-electron chi connectivity index (χ2n) is 7.44. The third kappa shape index (κ3) is 2.90. The largest absolute Gasteiger partial charge is 0.328 e. The first-order chi connectivity index (χ1) is 10.8. The molecule has 1 heterocycles. The molecule has 4 heteroatoms. The van der Waals surface area contributed by atoms with E-state index >= 15 is 0 Å². The highest BCUT2D eigenvalue weighted by molar-refractivity contribution is 5.85. The second kappa shape index (κ2) is 5.52. The highest BCUT2D eigenvalue weighted by Crippen LogP contribution is 2.31. The normalized spacial score (nSPS) is 15.7. The summed E-state index contributed by atoms with van der Waals surface area (Å²) in [5.41, 5.74) is 3.19. The Labute approximate surface area is 135 Å². The van der Waals surface area contributed by atoms with Gasteiger partial charge in [0.25, 0.3) is 0 Å². The summed E-state index contributed by atoms with van der Waals surface area (Å²) < 4.78 is 17.5. The Bertz CT molecular complexity index is 875. The van der Waals surface area contributed by atoms with Crippen LogP contribution in [-0.2, 0) is 13.6 Å². The highest BCUT2D eigenvalue weighted by atomic mass is 19.1. The topological polar surface area (TPSA) is 26.9 Å². The molecule has 0 bridgehead atoms. The average Bonchev–Trinajstić information content (AvgIpc) is 2.71. The molecule has 1 aromatic carbocycles. The molecule has 0 saturated heterocycles. The van der Waals surface area contributed by atoms with Crippen LogP contribution in [0.1, 0.15) is 39.2 Å². The molecule has 2 aromatic rings. The van der Waals surface area contributed by atoms with Crippen LogP contribution in [0.2, 0.25) is 0 Å². The molecule has 0 spiro atoms. The minimum absolute atomic E-state index is 0.0114. The summed E-state index contributed by atoms with van der Waals surface area (Å²) in [7, 11) is 1.77. The molecule has 0 atom stereocenters. The maximum Gasteiger partial charge on any atom is 0.328 e. The predicted octanol–water partition coefficient (Wildman–Crippen LogP) is 4.42. The maximum atomic E-state index is 14.1. The van der Waals surface area contributed by atoms with E-state index in [0.29, 0.717) is 12.1 Å². The van der Waals surface area contributed by atoms with Crippen LogP contribution >= 0.6 is 0 Å². The van der Waals surface area contributed by atoms with Crippen LogP contribution in [-0.4, -0.2) is 9.13 Å². The molecule has 1 aliphatic carbocycles. The number of allylic oxidation sites excluding steroid dienone is 4. The molecule has 0 aliphatic heterocycles. The number of imidazole rings is 1. The van der Waals surface area contributed by atoms with E-state index < -0.39 is 0 Å². The predicted molar refractivity (Wildman–Crippen MR) is 93.0 cm³/mol. The number of halogens is 1. The Morgan fingerprint density at radius 1 is 1.13 bits per heavy atom. The lowest BCUT2D eigenvalue weighted by Gasteiger charge is -2.18. The van der Waals surface area contributed by atoms with Crippen LogP contribution in [0.4, 0.5) is 4.39 Å². The third-order valence-corrected chi connectivity index (χ3v) is 4.18. The Kier molecular flexibility index (Phi) is 3.78. The lowest BCUT2D eigenvalue weighted by molar-refractivity contribution is 0.342. The lowest BCUT2D eigenvalue weighted by atomic mass is 9.96. The first kappa shape index (κ1) is 15.8. The van der Waals surface area contributed by atoms with Crippen molar-refractivity contribution in [1.29, 1.82) is 0 Å². The molecule has 0 saturated carbocycles. The number of fused-ring (bicyclic) bond motifs is 1. The second-order valence-corrected chi connectivity index (χ2v) is 7.44. The summed E-state index contributed by atoms with van der Waals surface area (Å²) in [5.74, 6) is -0.172. The zero-order chi connectivity index (χ0) is 16.8. The first-order valence-electron chi connectivity index (χ1n) is 8.04. The molecular formula is C19H23FN2O. The molecule has 3 rings (SSSR count). The molecule has 1 aromatic heterocycles. The first-order valence-corrected chi connectivity index (χ1v) is 8.04. The minimum atomic E-state index is -0.172. The molecule has 0 N–H and O–H groups in total. The molecular weight excluding hydrogens is 291 g/mol. The van der Waals surface area contributed by atoms with E-state index in [0.717, 1.165) is 29.4 Å². The zero-order valence-corrected chi connectivity index (χ0v) is 14.2. The minimum Gasteiger partial charge on any atom is -0.295 e. The van der Waals surface area contributed by atoms with Gasteiger partial charge in [0.1, 0.15) is 5.83 Å². The van der Waals surface area contributed by atoms with Crippen LogP contribution in [0.25, 0.3) is 16.6 Å². The zero-order valence-electron chi connectivity index (χ0n) is 14.2. The monoisotopic (exact) mass is 314 g/mol. The summed E-state index contributed by atoms with van der Waals surface area (Å²) in [6.45, 7) is 6.98. The van der Waals surface area contributed by atoms with Crippen LogP contribution < -0.4 is 5.69 Å². The molecule has 0 unspecified atom stereocenters. The Morgan fingerprint density at radius 2 is 1.83 bits per heavy atom. The van der Waals surface area contributed by atoms with Crippen molar-refractivity contribution in [2.45, 2.75) is 40.2 Å². The van der Waals surface area contributed by atoms with Gasteiger partial charge in [-0.25, -0.2) is 9.18 Å². The van der Waals surface area contributed by atoms with E-state index in [2.05, 4.69) is 20.8 Å². The van der Waals surface area contributed by atoms with Crippen LogP contribution in [0, 0.1) is 5.41 Å². The van der Waals surface area contributed by atoms with Gasteiger partial charge >= 0.3 is 5.69 Å². The van der Waals surface area contributed by atoms with Crippen molar-refractivity contribution in [3.8, 4) is 0 Å². The van der Waals surface area contributed by atoms with Gasteiger partial charge in [-0.1, -0.05) is 32.9 Å². The molecule has 0 amide bonds. The fourth-order valence-electron chi connectivity index (χ4n) is 3.10. The van der Waals surface area contributed by atoms with Gasteiger partial charge in [-0.05, 0) is 42.0 Å². The summed E-state index contributed by atoms with van der Waals surface area (Å²) >= 11 is 0. The van der Waals surface area contributed by atoms with Gasteiger partial charge in [-0.2, -0.15) is 0 Å². The molecule has 0 radical (unpaired) electrons. The highest BCUT2D eigenvalue weighted by Gasteiger charge is 2.19. The third-order valence-electron chi connectivity index (χ3n) is 4.18. The van der Waals surface area contributed by atoms with Gasteiger partial charge in [0.15, 0.2) is 0 Å². The van der Waals surface area contributed by atoms with Crippen molar-refractivity contribution in [2.24, 2.45) is 12.5 Å². The molecule has 3 nitrogen and oxygen atoms in total. The number of hydrogen-bond donors (Lipinski definition) is 0. The Hall–Kier alpha value is -2.10. The number of benzene rings is 1. The van der Waals surface area contributed by atoms with Gasteiger partial charge in [0.2, 0.25) is 0 Å². The summed E-state index contributed by atoms with van der Waals surface area (Å²) in [6.07, 6.45) is 5.16. The van der Waals surface area contributed by atoms with Crippen molar-refractivity contribution in [3.05, 3.63) is 52.2 Å². The molecule has 1 aliphatic rings. The van der Waals surface area contributed by atoms with Crippen LogP contribution in [0.5, 0.6) is 0 Å². The van der Waals surface area contributed by atoms with Crippen molar-refractivity contribution in [3.63, 3.8) is 0 Å². The Balaban J connectivity index is 2.15. The fourth-order valence-corrected chi connectivity index (χ4v) is 3.10. The SMILES string of the molecule is Cn1c(=O)n(CC(C)(C)C)c2ccc(C3=CCCC=C3F)cc21. The van der Waals surface area contributed by atoms with E-state index in [1.54, 1.807) is 22.3 Å². The van der Waals surface area contributed by atoms with Gasteiger partial charge in [0.05, 0.1) is 11.0 Å². The van der Waals surface area contributed by atoms with Gasteiger partial charge < -0.3 is 0 Å². The molecule has 122 valence electrons. The number of aryl methyl sites for hydroxylation is 1. The maximum absolute atomic E-state index is 14.1. The van der Waals surface area contributed by atoms with E-state index in [-0.39, 0.29) is 16.9 Å². The summed E-state index contributed by atoms with van der Waals surface area (Å²) in [4.78, 5) is 12.5. The quantitative estimate of drug-likeness (QED) is 0.806. The molecule has 23 heavy (non-hydrogen) atoms. The van der Waals surface area contributed by atoms with Crippen molar-refractivity contribution < 1.29 is 4.39 Å². The Morgan fingerprint density at radius 3 is 2.48 bits per heavy atom. The van der Waals surface area contributed by atoms with Crippen LogP contribution in [0.15, 0.2) is 41.0 Å². The van der Waals surface area contributed by atoms with Gasteiger partial charge in [0, 0.05) is 19.2 Å². The summed E-state index contributed by atoms with van der Waals surface area (Å²) in [6, 6.07) is 5.76. The van der Waals surface area contributed by atoms with Crippen molar-refractivity contribution in [2.75, 3.05) is 0 Å². The van der Waals surface area contributed by atoms with E-state index in [1.165, 1.54) is 0 Å². The van der Waals surface area contributed by atoms with E-state index in [4.69, 9.17) is 0 Å². The number of aromatic nitrogens is 2. The fraction of sp³-hybridized carbons (Fsp3) is 0.421. The number of rotatable bonds is 2. The van der Waals surface area contributed by atoms with E-state index in [1.807, 2.05) is 24.3 Å². The smallest absolute Gasteiger partial charge is 0.295 e. The van der Waals surface area contributed by atoms with E-state index in [9.17, 15) is 9.18 Å². The van der Waals surface area contributed by atoms with Crippen molar-refractivity contribution in [1.82, 2.24) is 9.13 Å². The number of hydrogen-bond acceptors (Lipinski definition) is 1. The van der Waals surface area contributed by atoms with Gasteiger partial charge in [-0.15, -0.1) is 0 Å². The average molecular weight is 314 g/mol. The van der Waals surface area contributed by atoms with Gasteiger partial charge in [-0.3, -0.25) is 9.13 Å². The molecule has 0 fully saturated rings. The van der Waals surface area contributed by atoms with Crippen LogP contribution in [0.3, 0.4) is 0 Å². The standard InChI is InChI=1S/C19H23FN2O/c1-19(2,3)12-22-16-10-9-13(11-17(16)21(4)18(22)23)14-7-5-6-8-15(14)20/h7-11H,5-6,12H2,1-4H3. The van der Waals surface area contributed by atoms with Crippen molar-refractivity contribution >= 4 is 16.6 Å². The lowest BCUT2D eigenvalue weighted by Crippen LogP contribution is -2.27.